The average Bonchev–Trinajstić information content (AvgIpc) is 2.55. The van der Waals surface area contributed by atoms with Gasteiger partial charge in [-0.15, -0.1) is 0 Å². The van der Waals surface area contributed by atoms with Crippen LogP contribution in [0.1, 0.15) is 25.5 Å². The van der Waals surface area contributed by atoms with Crippen LogP contribution in [-0.4, -0.2) is 24.2 Å². The summed E-state index contributed by atoms with van der Waals surface area (Å²) in [6.07, 6.45) is 4.15. The molecule has 1 fully saturated rings. The van der Waals surface area contributed by atoms with Crippen LogP contribution in [0.2, 0.25) is 0 Å². The molecule has 1 atom stereocenters. The fourth-order valence-electron chi connectivity index (χ4n) is 1.95. The lowest BCUT2D eigenvalue weighted by Gasteiger charge is -2.41. The second kappa shape index (κ2) is 3.75. The van der Waals surface area contributed by atoms with Crippen LogP contribution >= 0.6 is 0 Å². The summed E-state index contributed by atoms with van der Waals surface area (Å²) in [4.78, 5) is 3.28. The maximum atomic E-state index is 5.78. The molecule has 0 saturated carbocycles. The number of rotatable bonds is 4. The van der Waals surface area contributed by atoms with E-state index in [1.54, 1.807) is 0 Å². The zero-order valence-corrected chi connectivity index (χ0v) is 8.62. The summed E-state index contributed by atoms with van der Waals surface area (Å²) in [6.45, 7) is 3.72. The van der Waals surface area contributed by atoms with Gasteiger partial charge in [-0.25, -0.2) is 0 Å². The van der Waals surface area contributed by atoms with Gasteiger partial charge in [0.05, 0.1) is 18.6 Å². The number of nitrogens with two attached hydrogens (primary N) is 1. The van der Waals surface area contributed by atoms with Gasteiger partial charge in [-0.3, -0.25) is 0 Å². The minimum atomic E-state index is 0.219. The zero-order valence-electron chi connectivity index (χ0n) is 8.62. The summed E-state index contributed by atoms with van der Waals surface area (Å²) in [5.41, 5.74) is 7.30. The molecule has 0 aliphatic carbocycles. The Labute approximate surface area is 84.6 Å². The van der Waals surface area contributed by atoms with Crippen molar-refractivity contribution in [1.29, 1.82) is 0 Å². The molecule has 1 aliphatic rings. The Morgan fingerprint density at radius 2 is 2.43 bits per heavy atom. The molecular formula is C11H18N2O. The highest BCUT2D eigenvalue weighted by atomic mass is 16.5. The SMILES string of the molecule is CC(N)CCC1(c2ccc[nH]2)COC1. The fraction of sp³-hybridized carbons (Fsp3) is 0.636. The van der Waals surface area contributed by atoms with Crippen molar-refractivity contribution >= 4 is 0 Å². The van der Waals surface area contributed by atoms with E-state index in [1.807, 2.05) is 12.3 Å². The van der Waals surface area contributed by atoms with Crippen LogP contribution in [0.3, 0.4) is 0 Å². The normalized spacial score (nSPS) is 21.6. The summed E-state index contributed by atoms with van der Waals surface area (Å²) < 4.78 is 5.33. The van der Waals surface area contributed by atoms with Crippen molar-refractivity contribution in [3.05, 3.63) is 24.0 Å². The molecule has 1 aromatic rings. The largest absolute Gasteiger partial charge is 0.379 e. The third-order valence-corrected chi connectivity index (χ3v) is 3.00. The quantitative estimate of drug-likeness (QED) is 0.761. The Bertz CT molecular complexity index is 275. The summed E-state index contributed by atoms with van der Waals surface area (Å²) in [5, 5.41) is 0. The smallest absolute Gasteiger partial charge is 0.0600 e. The monoisotopic (exact) mass is 194 g/mol. The van der Waals surface area contributed by atoms with E-state index < -0.39 is 0 Å². The third kappa shape index (κ3) is 1.70. The third-order valence-electron chi connectivity index (χ3n) is 3.00. The minimum absolute atomic E-state index is 0.219. The molecular weight excluding hydrogens is 176 g/mol. The van der Waals surface area contributed by atoms with Gasteiger partial charge >= 0.3 is 0 Å². The van der Waals surface area contributed by atoms with Crippen molar-refractivity contribution in [3.63, 3.8) is 0 Å². The predicted molar refractivity (Wildman–Crippen MR) is 56.2 cm³/mol. The number of ether oxygens (including phenoxy) is 1. The zero-order chi connectivity index (χ0) is 10.0. The van der Waals surface area contributed by atoms with E-state index >= 15 is 0 Å². The van der Waals surface area contributed by atoms with Crippen molar-refractivity contribution in [2.45, 2.75) is 31.2 Å². The maximum absolute atomic E-state index is 5.78. The number of aromatic nitrogens is 1. The van der Waals surface area contributed by atoms with Crippen LogP contribution in [0.4, 0.5) is 0 Å². The summed E-state index contributed by atoms with van der Waals surface area (Å²) in [7, 11) is 0. The molecule has 1 aromatic heterocycles. The Morgan fingerprint density at radius 3 is 2.86 bits per heavy atom. The number of nitrogens with one attached hydrogen (secondary N) is 1. The van der Waals surface area contributed by atoms with E-state index in [0.29, 0.717) is 0 Å². The first-order valence-electron chi connectivity index (χ1n) is 5.20. The summed E-state index contributed by atoms with van der Waals surface area (Å²) >= 11 is 0. The van der Waals surface area contributed by atoms with E-state index in [-0.39, 0.29) is 11.5 Å². The highest BCUT2D eigenvalue weighted by Crippen LogP contribution is 2.35. The molecule has 3 heteroatoms. The summed E-state index contributed by atoms with van der Waals surface area (Å²) in [6, 6.07) is 4.47. The molecule has 1 saturated heterocycles. The van der Waals surface area contributed by atoms with Crippen molar-refractivity contribution in [1.82, 2.24) is 4.98 Å². The van der Waals surface area contributed by atoms with Gasteiger partial charge in [-0.05, 0) is 31.9 Å². The molecule has 0 aromatic carbocycles. The molecule has 1 aliphatic heterocycles. The number of hydrogen-bond donors (Lipinski definition) is 2. The van der Waals surface area contributed by atoms with E-state index in [1.165, 1.54) is 5.69 Å². The van der Waals surface area contributed by atoms with E-state index in [4.69, 9.17) is 10.5 Å². The first kappa shape index (κ1) is 9.74. The molecule has 3 nitrogen and oxygen atoms in total. The summed E-state index contributed by atoms with van der Waals surface area (Å²) in [5.74, 6) is 0. The standard InChI is InChI=1S/C11H18N2O/c1-9(12)4-5-11(7-14-8-11)10-3-2-6-13-10/h2-3,6,9,13H,4-5,7-8,12H2,1H3. The first-order valence-corrected chi connectivity index (χ1v) is 5.20. The number of hydrogen-bond acceptors (Lipinski definition) is 2. The van der Waals surface area contributed by atoms with Crippen LogP contribution in [0.25, 0.3) is 0 Å². The minimum Gasteiger partial charge on any atom is -0.379 e. The first-order chi connectivity index (χ1) is 6.73. The van der Waals surface area contributed by atoms with E-state index in [0.717, 1.165) is 26.1 Å². The van der Waals surface area contributed by atoms with Crippen molar-refractivity contribution in [3.8, 4) is 0 Å². The number of H-pyrrole nitrogens is 1. The Kier molecular flexibility index (Phi) is 2.61. The van der Waals surface area contributed by atoms with E-state index in [9.17, 15) is 0 Å². The lowest BCUT2D eigenvalue weighted by atomic mass is 9.77. The molecule has 78 valence electrons. The average molecular weight is 194 g/mol. The van der Waals surface area contributed by atoms with Crippen LogP contribution < -0.4 is 5.73 Å². The van der Waals surface area contributed by atoms with Crippen LogP contribution in [0.5, 0.6) is 0 Å². The predicted octanol–water partition coefficient (Wildman–Crippen LogP) is 1.41. The van der Waals surface area contributed by atoms with Gasteiger partial charge in [0, 0.05) is 17.9 Å². The second-order valence-electron chi connectivity index (χ2n) is 4.37. The van der Waals surface area contributed by atoms with Gasteiger partial charge in [0.25, 0.3) is 0 Å². The molecule has 2 rings (SSSR count). The van der Waals surface area contributed by atoms with Gasteiger partial charge in [-0.1, -0.05) is 0 Å². The van der Waals surface area contributed by atoms with Crippen molar-refractivity contribution < 1.29 is 4.74 Å². The van der Waals surface area contributed by atoms with Gasteiger partial charge in [-0.2, -0.15) is 0 Å². The topological polar surface area (TPSA) is 51.0 Å². The molecule has 0 spiro atoms. The molecule has 14 heavy (non-hydrogen) atoms. The highest BCUT2D eigenvalue weighted by molar-refractivity contribution is 5.20. The van der Waals surface area contributed by atoms with Gasteiger partial charge < -0.3 is 15.5 Å². The maximum Gasteiger partial charge on any atom is 0.0600 e. The van der Waals surface area contributed by atoms with Crippen molar-refractivity contribution in [2.24, 2.45) is 5.73 Å². The van der Waals surface area contributed by atoms with Crippen LogP contribution in [-0.2, 0) is 10.2 Å². The molecule has 1 unspecified atom stereocenters. The Balaban J connectivity index is 2.03. The second-order valence-corrected chi connectivity index (χ2v) is 4.37. The Hall–Kier alpha value is -0.800. The van der Waals surface area contributed by atoms with Crippen molar-refractivity contribution in [2.75, 3.05) is 13.2 Å². The molecule has 3 N–H and O–H groups in total. The fourth-order valence-corrected chi connectivity index (χ4v) is 1.95. The molecule has 0 radical (unpaired) electrons. The van der Waals surface area contributed by atoms with Crippen LogP contribution in [0.15, 0.2) is 18.3 Å². The highest BCUT2D eigenvalue weighted by Gasteiger charge is 2.40. The lowest BCUT2D eigenvalue weighted by Crippen LogP contribution is -2.47. The molecule has 2 heterocycles. The van der Waals surface area contributed by atoms with Gasteiger partial charge in [0.2, 0.25) is 0 Å². The molecule has 0 bridgehead atoms. The lowest BCUT2D eigenvalue weighted by molar-refractivity contribution is -0.0675. The number of aromatic amines is 1. The Morgan fingerprint density at radius 1 is 1.64 bits per heavy atom. The van der Waals surface area contributed by atoms with Crippen LogP contribution in [0, 0.1) is 0 Å². The molecule has 0 amide bonds. The van der Waals surface area contributed by atoms with Gasteiger partial charge in [0.15, 0.2) is 0 Å². The van der Waals surface area contributed by atoms with Gasteiger partial charge in [0.1, 0.15) is 0 Å². The van der Waals surface area contributed by atoms with E-state index in [2.05, 4.69) is 18.0 Å².